The average Bonchev–Trinajstić information content (AvgIpc) is 3.34. The number of aromatic nitrogens is 5. The molecule has 0 radical (unpaired) electrons. The van der Waals surface area contributed by atoms with E-state index >= 15 is 0 Å². The van der Waals surface area contributed by atoms with Gasteiger partial charge in [0.25, 0.3) is 0 Å². The Hall–Kier alpha value is -2.52. The van der Waals surface area contributed by atoms with Crippen molar-refractivity contribution in [1.29, 1.82) is 0 Å². The maximum Gasteiger partial charge on any atom is 0.234 e. The van der Waals surface area contributed by atoms with Crippen molar-refractivity contribution in [2.75, 3.05) is 16.9 Å². The molecule has 8 nitrogen and oxygen atoms in total. The van der Waals surface area contributed by atoms with Gasteiger partial charge in [0, 0.05) is 22.0 Å². The summed E-state index contributed by atoms with van der Waals surface area (Å²) in [6.45, 7) is 1.86. The van der Waals surface area contributed by atoms with Gasteiger partial charge in [-0.15, -0.1) is 10.2 Å². The van der Waals surface area contributed by atoms with Gasteiger partial charge in [0.2, 0.25) is 16.9 Å². The molecule has 10 heteroatoms. The zero-order chi connectivity index (χ0) is 19.0. The smallest absolute Gasteiger partial charge is 0.234 e. The fourth-order valence-corrected chi connectivity index (χ4v) is 3.93. The summed E-state index contributed by atoms with van der Waals surface area (Å²) in [5, 5.41) is 19.5. The third kappa shape index (κ3) is 3.40. The van der Waals surface area contributed by atoms with Gasteiger partial charge in [-0.2, -0.15) is 5.10 Å². The van der Waals surface area contributed by atoms with Crippen LogP contribution in [0.25, 0.3) is 11.5 Å². The third-order valence-electron chi connectivity index (χ3n) is 4.56. The number of nitrogens with one attached hydrogen (secondary N) is 2. The lowest BCUT2D eigenvalue weighted by molar-refractivity contribution is -0.113. The van der Waals surface area contributed by atoms with E-state index in [1.807, 2.05) is 13.0 Å². The summed E-state index contributed by atoms with van der Waals surface area (Å²) < 4.78 is 1.39. The zero-order valence-electron chi connectivity index (χ0n) is 14.6. The number of benzene rings is 1. The van der Waals surface area contributed by atoms with Gasteiger partial charge in [0.05, 0.1) is 5.75 Å². The molecule has 2 heterocycles. The van der Waals surface area contributed by atoms with Crippen LogP contribution in [0.15, 0.2) is 23.4 Å². The molecule has 0 unspecified atom stereocenters. The topological polar surface area (TPSA) is 115 Å². The summed E-state index contributed by atoms with van der Waals surface area (Å²) in [7, 11) is 0. The van der Waals surface area contributed by atoms with Gasteiger partial charge in [-0.05, 0) is 43.9 Å². The molecule has 1 aromatic carbocycles. The molecule has 140 valence electrons. The van der Waals surface area contributed by atoms with Crippen molar-refractivity contribution in [2.24, 2.45) is 0 Å². The Morgan fingerprint density at radius 3 is 3.11 bits per heavy atom. The number of nitrogen functional groups attached to an aromatic ring is 1. The summed E-state index contributed by atoms with van der Waals surface area (Å²) in [4.78, 5) is 12.3. The lowest BCUT2D eigenvalue weighted by Crippen LogP contribution is -2.17. The minimum absolute atomic E-state index is 0.153. The van der Waals surface area contributed by atoms with Crippen LogP contribution < -0.4 is 11.2 Å². The van der Waals surface area contributed by atoms with Crippen molar-refractivity contribution in [2.45, 2.75) is 31.3 Å². The average molecular weight is 404 g/mol. The molecule has 0 aliphatic heterocycles. The molecule has 0 bridgehead atoms. The number of thioether (sulfide) groups is 1. The molecule has 0 saturated carbocycles. The Morgan fingerprint density at radius 2 is 2.26 bits per heavy atom. The van der Waals surface area contributed by atoms with E-state index in [1.54, 1.807) is 12.1 Å². The van der Waals surface area contributed by atoms with Gasteiger partial charge in [-0.3, -0.25) is 9.89 Å². The van der Waals surface area contributed by atoms with Crippen LogP contribution in [0.3, 0.4) is 0 Å². The summed E-state index contributed by atoms with van der Waals surface area (Å²) in [5.41, 5.74) is 4.55. The number of nitrogens with two attached hydrogens (primary N) is 1. The fraction of sp³-hybridized carbons (Fsp3) is 0.294. The maximum atomic E-state index is 12.3. The van der Waals surface area contributed by atoms with Crippen molar-refractivity contribution in [3.8, 4) is 11.5 Å². The first-order chi connectivity index (χ1) is 13.0. The Balaban J connectivity index is 1.44. The van der Waals surface area contributed by atoms with Crippen LogP contribution in [0, 0.1) is 6.92 Å². The van der Waals surface area contributed by atoms with Crippen LogP contribution in [-0.2, 0) is 17.6 Å². The molecule has 27 heavy (non-hydrogen) atoms. The molecule has 0 atom stereocenters. The lowest BCUT2D eigenvalue weighted by Gasteiger charge is -2.09. The molecule has 4 rings (SSSR count). The van der Waals surface area contributed by atoms with Crippen molar-refractivity contribution >= 4 is 35.0 Å². The number of H-pyrrole nitrogens is 1. The number of anilines is 1. The molecular weight excluding hydrogens is 386 g/mol. The molecule has 1 amide bonds. The van der Waals surface area contributed by atoms with Crippen molar-refractivity contribution in [3.05, 3.63) is 40.0 Å². The maximum absolute atomic E-state index is 12.3. The van der Waals surface area contributed by atoms with Gasteiger partial charge >= 0.3 is 0 Å². The molecule has 0 fully saturated rings. The summed E-state index contributed by atoms with van der Waals surface area (Å²) in [6.07, 6.45) is 3.05. The number of carbonyl (C=O) groups is 1. The van der Waals surface area contributed by atoms with Crippen LogP contribution >= 0.6 is 23.4 Å². The number of halogens is 1. The third-order valence-corrected chi connectivity index (χ3v) is 5.91. The molecular formula is C17H18ClN7OS. The van der Waals surface area contributed by atoms with Gasteiger partial charge < -0.3 is 11.2 Å². The highest BCUT2D eigenvalue weighted by Gasteiger charge is 2.24. The SMILES string of the molecule is Cc1c(Cl)cccc1NC(=O)CSc1nnc(-c2n[nH]c3c2CCC3)n1N. The van der Waals surface area contributed by atoms with E-state index in [-0.39, 0.29) is 11.7 Å². The minimum atomic E-state index is -0.171. The van der Waals surface area contributed by atoms with E-state index in [1.165, 1.54) is 16.4 Å². The van der Waals surface area contributed by atoms with Crippen LogP contribution in [0.2, 0.25) is 5.02 Å². The number of carbonyl (C=O) groups excluding carboxylic acids is 1. The first kappa shape index (κ1) is 17.9. The summed E-state index contributed by atoms with van der Waals surface area (Å²) >= 11 is 7.30. The Kier molecular flexibility index (Phi) is 4.79. The Bertz CT molecular complexity index is 1010. The van der Waals surface area contributed by atoms with Crippen LogP contribution in [0.1, 0.15) is 23.2 Å². The fourth-order valence-electron chi connectivity index (χ4n) is 3.10. The molecule has 3 aromatic rings. The molecule has 2 aromatic heterocycles. The second-order valence-corrected chi connectivity index (χ2v) is 7.66. The standard InChI is InChI=1S/C17H18ClN7OS/c1-9-11(18)5-3-6-12(9)20-14(26)8-27-17-24-23-16(25(17)19)15-10-4-2-7-13(10)21-22-15/h3,5-6H,2,4,7-8,19H2,1H3,(H,20,26)(H,21,22). The molecule has 0 saturated heterocycles. The van der Waals surface area contributed by atoms with E-state index in [2.05, 4.69) is 25.7 Å². The van der Waals surface area contributed by atoms with Crippen LogP contribution in [0.5, 0.6) is 0 Å². The molecule has 0 spiro atoms. The normalized spacial score (nSPS) is 13.0. The quantitative estimate of drug-likeness (QED) is 0.445. The van der Waals surface area contributed by atoms with Crippen LogP contribution in [-0.4, -0.2) is 36.7 Å². The highest BCUT2D eigenvalue weighted by Crippen LogP contribution is 2.30. The Labute approximate surface area is 164 Å². The van der Waals surface area contributed by atoms with Crippen molar-refractivity contribution in [3.63, 3.8) is 0 Å². The lowest BCUT2D eigenvalue weighted by atomic mass is 10.2. The second-order valence-electron chi connectivity index (χ2n) is 6.31. The number of amides is 1. The highest BCUT2D eigenvalue weighted by molar-refractivity contribution is 7.99. The second kappa shape index (κ2) is 7.24. The largest absolute Gasteiger partial charge is 0.335 e. The number of rotatable bonds is 5. The number of hydrogen-bond acceptors (Lipinski definition) is 6. The van der Waals surface area contributed by atoms with E-state index < -0.39 is 0 Å². The zero-order valence-corrected chi connectivity index (χ0v) is 16.2. The van der Waals surface area contributed by atoms with Crippen molar-refractivity contribution in [1.82, 2.24) is 25.1 Å². The summed E-state index contributed by atoms with van der Waals surface area (Å²) in [5.74, 6) is 6.62. The number of aromatic amines is 1. The predicted octanol–water partition coefficient (Wildman–Crippen LogP) is 2.56. The molecule has 1 aliphatic rings. The number of fused-ring (bicyclic) bond motifs is 1. The Morgan fingerprint density at radius 1 is 1.41 bits per heavy atom. The minimum Gasteiger partial charge on any atom is -0.335 e. The molecule has 1 aliphatic carbocycles. The number of nitrogens with zero attached hydrogens (tertiary/aromatic N) is 4. The number of hydrogen-bond donors (Lipinski definition) is 3. The number of aryl methyl sites for hydroxylation is 1. The van der Waals surface area contributed by atoms with E-state index in [4.69, 9.17) is 17.4 Å². The monoisotopic (exact) mass is 403 g/mol. The molecule has 4 N–H and O–H groups in total. The van der Waals surface area contributed by atoms with Gasteiger partial charge in [0.15, 0.2) is 0 Å². The van der Waals surface area contributed by atoms with Crippen molar-refractivity contribution < 1.29 is 4.79 Å². The summed E-state index contributed by atoms with van der Waals surface area (Å²) in [6, 6.07) is 5.39. The predicted molar refractivity (Wildman–Crippen MR) is 105 cm³/mol. The van der Waals surface area contributed by atoms with E-state index in [0.717, 1.165) is 41.8 Å². The first-order valence-electron chi connectivity index (χ1n) is 8.49. The van der Waals surface area contributed by atoms with Gasteiger partial charge in [-0.25, -0.2) is 4.68 Å². The van der Waals surface area contributed by atoms with Gasteiger partial charge in [0.1, 0.15) is 5.69 Å². The first-order valence-corrected chi connectivity index (χ1v) is 9.85. The van der Waals surface area contributed by atoms with E-state index in [0.29, 0.717) is 21.7 Å². The highest BCUT2D eigenvalue weighted by atomic mass is 35.5. The van der Waals surface area contributed by atoms with Crippen LogP contribution in [0.4, 0.5) is 5.69 Å². The van der Waals surface area contributed by atoms with Gasteiger partial charge in [-0.1, -0.05) is 29.4 Å². The van der Waals surface area contributed by atoms with E-state index in [9.17, 15) is 4.79 Å².